The van der Waals surface area contributed by atoms with Gasteiger partial charge in [0.2, 0.25) is 0 Å². The summed E-state index contributed by atoms with van der Waals surface area (Å²) < 4.78 is 22.5. The number of halogens is 1. The molecular weight excluding hydrogens is 276 g/mol. The Morgan fingerprint density at radius 1 is 1.50 bits per heavy atom. The lowest BCUT2D eigenvalue weighted by molar-refractivity contribution is 0.271. The molecule has 0 radical (unpaired) electrons. The third-order valence-electron chi connectivity index (χ3n) is 2.35. The molecule has 0 aliphatic heterocycles. The molecule has 0 saturated carbocycles. The first-order chi connectivity index (χ1) is 8.34. The molecule has 1 aromatic rings. The number of nitrogens with zero attached hydrogens (tertiary/aromatic N) is 1. The van der Waals surface area contributed by atoms with Gasteiger partial charge in [0.15, 0.2) is 9.84 Å². The number of aliphatic hydroxyl groups is 1. The van der Waals surface area contributed by atoms with Crippen molar-refractivity contribution < 1.29 is 13.5 Å². The molecule has 1 aromatic heterocycles. The summed E-state index contributed by atoms with van der Waals surface area (Å²) in [6, 6.07) is 3.03. The third-order valence-corrected chi connectivity index (χ3v) is 3.40. The lowest BCUT2D eigenvalue weighted by atomic mass is 10.2. The van der Waals surface area contributed by atoms with Crippen molar-refractivity contribution in [2.75, 3.05) is 18.2 Å². The van der Waals surface area contributed by atoms with Crippen molar-refractivity contribution in [3.63, 3.8) is 0 Å². The second kappa shape index (κ2) is 6.36. The minimum absolute atomic E-state index is 0.0217. The molecule has 1 rings (SSSR count). The summed E-state index contributed by atoms with van der Waals surface area (Å²) in [5.41, 5.74) is 0.577. The maximum Gasteiger partial charge on any atom is 0.151 e. The highest BCUT2D eigenvalue weighted by Crippen LogP contribution is 2.17. The molecule has 0 saturated heterocycles. The Morgan fingerprint density at radius 3 is 2.67 bits per heavy atom. The Labute approximate surface area is 112 Å². The Balaban J connectivity index is 2.93. The van der Waals surface area contributed by atoms with Gasteiger partial charge in [0, 0.05) is 6.26 Å². The van der Waals surface area contributed by atoms with Gasteiger partial charge in [-0.2, -0.15) is 0 Å². The number of aliphatic hydroxyl groups excluding tert-OH is 1. The van der Waals surface area contributed by atoms with E-state index in [-0.39, 0.29) is 23.6 Å². The minimum atomic E-state index is -3.11. The van der Waals surface area contributed by atoms with Crippen molar-refractivity contribution in [2.24, 2.45) is 0 Å². The molecule has 0 spiro atoms. The fourth-order valence-electron chi connectivity index (χ4n) is 1.50. The standard InChI is InChI=1S/C11H17ClN2O3S/c1-3-9(6-15)13-11-5-8(4-10(12)14-11)7-18(2,16)17/h4-5,9,15H,3,6-7H2,1-2H3,(H,13,14)/t9-/m0/s1. The first-order valence-corrected chi connectivity index (χ1v) is 7.99. The zero-order chi connectivity index (χ0) is 13.8. The molecule has 0 aliphatic carbocycles. The summed E-state index contributed by atoms with van der Waals surface area (Å²) in [7, 11) is -3.11. The summed E-state index contributed by atoms with van der Waals surface area (Å²) in [5, 5.41) is 12.3. The zero-order valence-electron chi connectivity index (χ0n) is 10.4. The van der Waals surface area contributed by atoms with E-state index in [0.717, 1.165) is 12.7 Å². The van der Waals surface area contributed by atoms with Crippen molar-refractivity contribution in [3.05, 3.63) is 22.8 Å². The van der Waals surface area contributed by atoms with E-state index in [2.05, 4.69) is 10.3 Å². The summed E-state index contributed by atoms with van der Waals surface area (Å²) >= 11 is 5.84. The largest absolute Gasteiger partial charge is 0.394 e. The van der Waals surface area contributed by atoms with Gasteiger partial charge >= 0.3 is 0 Å². The highest BCUT2D eigenvalue weighted by Gasteiger charge is 2.10. The highest BCUT2D eigenvalue weighted by atomic mass is 35.5. The fraction of sp³-hybridized carbons (Fsp3) is 0.545. The van der Waals surface area contributed by atoms with E-state index in [1.54, 1.807) is 6.07 Å². The normalized spacial score (nSPS) is 13.3. The lowest BCUT2D eigenvalue weighted by Gasteiger charge is -2.15. The van der Waals surface area contributed by atoms with Gasteiger partial charge in [-0.3, -0.25) is 0 Å². The first-order valence-electron chi connectivity index (χ1n) is 5.55. The van der Waals surface area contributed by atoms with Gasteiger partial charge in [0.1, 0.15) is 11.0 Å². The number of hydrogen-bond acceptors (Lipinski definition) is 5. The molecule has 0 bridgehead atoms. The second-order valence-corrected chi connectivity index (χ2v) is 6.71. The van der Waals surface area contributed by atoms with E-state index < -0.39 is 9.84 Å². The monoisotopic (exact) mass is 292 g/mol. The van der Waals surface area contributed by atoms with Crippen LogP contribution < -0.4 is 5.32 Å². The smallest absolute Gasteiger partial charge is 0.151 e. The molecule has 0 amide bonds. The van der Waals surface area contributed by atoms with Crippen molar-refractivity contribution >= 4 is 27.3 Å². The molecule has 0 unspecified atom stereocenters. The van der Waals surface area contributed by atoms with Crippen LogP contribution in [0.5, 0.6) is 0 Å². The molecule has 5 nitrogen and oxygen atoms in total. The van der Waals surface area contributed by atoms with Gasteiger partial charge in [-0.15, -0.1) is 0 Å². The number of sulfone groups is 1. The SMILES string of the molecule is CC[C@@H](CO)Nc1cc(CS(C)(=O)=O)cc(Cl)n1. The molecule has 7 heteroatoms. The summed E-state index contributed by atoms with van der Waals surface area (Å²) in [5.74, 6) is 0.391. The summed E-state index contributed by atoms with van der Waals surface area (Å²) in [6.45, 7) is 1.90. The molecule has 0 fully saturated rings. The molecule has 2 N–H and O–H groups in total. The topological polar surface area (TPSA) is 79.3 Å². The Kier molecular flexibility index (Phi) is 5.37. The fourth-order valence-corrected chi connectivity index (χ4v) is 2.50. The van der Waals surface area contributed by atoms with Crippen LogP contribution in [0.15, 0.2) is 12.1 Å². The minimum Gasteiger partial charge on any atom is -0.394 e. The van der Waals surface area contributed by atoms with Gasteiger partial charge < -0.3 is 10.4 Å². The lowest BCUT2D eigenvalue weighted by Crippen LogP contribution is -2.23. The van der Waals surface area contributed by atoms with Crippen LogP contribution in [-0.4, -0.2) is 37.4 Å². The van der Waals surface area contributed by atoms with E-state index in [0.29, 0.717) is 11.4 Å². The number of pyridine rings is 1. The number of nitrogens with one attached hydrogen (secondary N) is 1. The average molecular weight is 293 g/mol. The van der Waals surface area contributed by atoms with E-state index >= 15 is 0 Å². The quantitative estimate of drug-likeness (QED) is 0.776. The van der Waals surface area contributed by atoms with Gasteiger partial charge in [-0.1, -0.05) is 18.5 Å². The number of aromatic nitrogens is 1. The van der Waals surface area contributed by atoms with Gasteiger partial charge in [0.05, 0.1) is 18.4 Å². The van der Waals surface area contributed by atoms with Crippen molar-refractivity contribution in [3.8, 4) is 0 Å². The van der Waals surface area contributed by atoms with E-state index in [4.69, 9.17) is 16.7 Å². The molecular formula is C11H17ClN2O3S. The molecule has 0 aromatic carbocycles. The second-order valence-electron chi connectivity index (χ2n) is 4.19. The molecule has 102 valence electrons. The van der Waals surface area contributed by atoms with Crippen LogP contribution in [-0.2, 0) is 15.6 Å². The van der Waals surface area contributed by atoms with E-state index in [1.807, 2.05) is 6.92 Å². The maximum absolute atomic E-state index is 11.2. The maximum atomic E-state index is 11.2. The Morgan fingerprint density at radius 2 is 2.17 bits per heavy atom. The highest BCUT2D eigenvalue weighted by molar-refractivity contribution is 7.89. The molecule has 0 aliphatic rings. The number of rotatable bonds is 6. The Hall–Kier alpha value is -0.850. The van der Waals surface area contributed by atoms with Crippen LogP contribution >= 0.6 is 11.6 Å². The van der Waals surface area contributed by atoms with Gasteiger partial charge in [0.25, 0.3) is 0 Å². The van der Waals surface area contributed by atoms with Crippen LogP contribution in [0.3, 0.4) is 0 Å². The van der Waals surface area contributed by atoms with Crippen LogP contribution in [0.2, 0.25) is 5.15 Å². The molecule has 1 heterocycles. The van der Waals surface area contributed by atoms with Crippen molar-refractivity contribution in [1.29, 1.82) is 0 Å². The predicted molar refractivity (Wildman–Crippen MR) is 72.6 cm³/mol. The van der Waals surface area contributed by atoms with E-state index in [1.165, 1.54) is 6.07 Å². The van der Waals surface area contributed by atoms with Crippen LogP contribution in [0.4, 0.5) is 5.82 Å². The van der Waals surface area contributed by atoms with Crippen LogP contribution in [0, 0.1) is 0 Å². The van der Waals surface area contributed by atoms with Crippen LogP contribution in [0.1, 0.15) is 18.9 Å². The summed E-state index contributed by atoms with van der Waals surface area (Å²) in [4.78, 5) is 4.05. The number of hydrogen-bond donors (Lipinski definition) is 2. The van der Waals surface area contributed by atoms with Gasteiger partial charge in [-0.25, -0.2) is 13.4 Å². The first kappa shape index (κ1) is 15.2. The number of anilines is 1. The molecule has 1 atom stereocenters. The average Bonchev–Trinajstić information content (AvgIpc) is 2.22. The molecule has 18 heavy (non-hydrogen) atoms. The van der Waals surface area contributed by atoms with E-state index in [9.17, 15) is 8.42 Å². The Bertz CT molecular complexity index is 501. The van der Waals surface area contributed by atoms with Gasteiger partial charge in [-0.05, 0) is 24.1 Å². The van der Waals surface area contributed by atoms with Crippen molar-refractivity contribution in [2.45, 2.75) is 25.1 Å². The third kappa shape index (κ3) is 5.20. The zero-order valence-corrected chi connectivity index (χ0v) is 11.9. The predicted octanol–water partition coefficient (Wildman–Crippen LogP) is 1.46. The van der Waals surface area contributed by atoms with Crippen LogP contribution in [0.25, 0.3) is 0 Å². The summed E-state index contributed by atoms with van der Waals surface area (Å²) in [6.07, 6.45) is 1.89. The van der Waals surface area contributed by atoms with Crippen molar-refractivity contribution in [1.82, 2.24) is 4.98 Å².